The molecule has 0 spiro atoms. The van der Waals surface area contributed by atoms with Crippen molar-refractivity contribution in [3.63, 3.8) is 0 Å². The number of nitrogens with one attached hydrogen (secondary N) is 2. The smallest absolute Gasteiger partial charge is 0.241 e. The third-order valence-corrected chi connectivity index (χ3v) is 5.35. The molecule has 24 heavy (non-hydrogen) atoms. The van der Waals surface area contributed by atoms with Crippen molar-refractivity contribution in [1.29, 1.82) is 0 Å². The Kier molecular flexibility index (Phi) is 3.66. The summed E-state index contributed by atoms with van der Waals surface area (Å²) >= 11 is 0. The highest BCUT2D eigenvalue weighted by atomic mass is 32.2. The van der Waals surface area contributed by atoms with Crippen LogP contribution in [0.2, 0.25) is 0 Å². The topological polar surface area (TPSA) is 80.4 Å². The summed E-state index contributed by atoms with van der Waals surface area (Å²) in [5.41, 5.74) is 1.82. The molecule has 1 aromatic heterocycles. The van der Waals surface area contributed by atoms with Crippen LogP contribution < -0.4 is 14.2 Å². The summed E-state index contributed by atoms with van der Waals surface area (Å²) in [4.78, 5) is 3.29. The predicted molar refractivity (Wildman–Crippen MR) is 89.8 cm³/mol. The van der Waals surface area contributed by atoms with Crippen molar-refractivity contribution in [3.05, 3.63) is 54.2 Å². The standard InChI is InChI=1S/C17H16N2O4S/c20-24(21,14-4-5-15-16(10-14)23-9-8-22-15)19-11-13-3-1-2-12-6-7-18-17(12)13/h1-7,10,18-19H,8-9,11H2. The minimum absolute atomic E-state index is 0.158. The van der Waals surface area contributed by atoms with E-state index in [0.717, 1.165) is 16.5 Å². The van der Waals surface area contributed by atoms with Gasteiger partial charge >= 0.3 is 0 Å². The van der Waals surface area contributed by atoms with Gasteiger partial charge in [-0.3, -0.25) is 0 Å². The van der Waals surface area contributed by atoms with Crippen LogP contribution in [0, 0.1) is 0 Å². The molecule has 1 aliphatic heterocycles. The van der Waals surface area contributed by atoms with Crippen molar-refractivity contribution in [1.82, 2.24) is 9.71 Å². The molecule has 0 atom stereocenters. The summed E-state index contributed by atoms with van der Waals surface area (Å²) in [5, 5.41) is 1.05. The van der Waals surface area contributed by atoms with Crippen LogP contribution in [0.1, 0.15) is 5.56 Å². The van der Waals surface area contributed by atoms with E-state index in [9.17, 15) is 8.42 Å². The van der Waals surface area contributed by atoms with Gasteiger partial charge in [-0.15, -0.1) is 0 Å². The highest BCUT2D eigenvalue weighted by Gasteiger charge is 2.19. The van der Waals surface area contributed by atoms with Crippen molar-refractivity contribution in [2.24, 2.45) is 0 Å². The van der Waals surface area contributed by atoms with Crippen LogP contribution in [0.3, 0.4) is 0 Å². The number of ether oxygens (including phenoxy) is 2. The number of aromatic nitrogens is 1. The second-order valence-electron chi connectivity index (χ2n) is 5.49. The third kappa shape index (κ3) is 2.72. The fourth-order valence-corrected chi connectivity index (χ4v) is 3.77. The number of fused-ring (bicyclic) bond motifs is 2. The molecule has 124 valence electrons. The van der Waals surface area contributed by atoms with Crippen LogP contribution >= 0.6 is 0 Å². The molecule has 4 rings (SSSR count). The zero-order valence-electron chi connectivity index (χ0n) is 12.8. The fourth-order valence-electron chi connectivity index (χ4n) is 2.74. The van der Waals surface area contributed by atoms with Crippen molar-refractivity contribution in [2.75, 3.05) is 13.2 Å². The molecule has 1 aliphatic rings. The van der Waals surface area contributed by atoms with E-state index in [1.165, 1.54) is 12.1 Å². The van der Waals surface area contributed by atoms with Crippen LogP contribution in [-0.4, -0.2) is 26.6 Å². The summed E-state index contributed by atoms with van der Waals surface area (Å²) in [6.07, 6.45) is 1.84. The summed E-state index contributed by atoms with van der Waals surface area (Å²) in [6.45, 7) is 1.09. The first-order chi connectivity index (χ1) is 11.6. The largest absolute Gasteiger partial charge is 0.486 e. The van der Waals surface area contributed by atoms with Crippen LogP contribution in [0.4, 0.5) is 0 Å². The number of H-pyrrole nitrogens is 1. The maximum Gasteiger partial charge on any atom is 0.241 e. The Hall–Kier alpha value is -2.51. The number of benzene rings is 2. The van der Waals surface area contributed by atoms with E-state index in [-0.39, 0.29) is 11.4 Å². The minimum Gasteiger partial charge on any atom is -0.486 e. The molecule has 2 heterocycles. The van der Waals surface area contributed by atoms with Crippen LogP contribution in [-0.2, 0) is 16.6 Å². The Bertz CT molecular complexity index is 995. The van der Waals surface area contributed by atoms with E-state index in [4.69, 9.17) is 9.47 Å². The number of para-hydroxylation sites is 1. The van der Waals surface area contributed by atoms with Gasteiger partial charge in [0.1, 0.15) is 13.2 Å². The summed E-state index contributed by atoms with van der Waals surface area (Å²) in [7, 11) is -3.64. The molecule has 6 nitrogen and oxygen atoms in total. The van der Waals surface area contributed by atoms with Crippen LogP contribution in [0.15, 0.2) is 53.6 Å². The van der Waals surface area contributed by atoms with Crippen LogP contribution in [0.25, 0.3) is 10.9 Å². The van der Waals surface area contributed by atoms with E-state index < -0.39 is 10.0 Å². The average Bonchev–Trinajstić information content (AvgIpc) is 3.09. The quantitative estimate of drug-likeness (QED) is 0.762. The Morgan fingerprint density at radius 2 is 1.88 bits per heavy atom. The van der Waals surface area contributed by atoms with Crippen molar-refractivity contribution in [3.8, 4) is 11.5 Å². The first-order valence-electron chi connectivity index (χ1n) is 7.58. The van der Waals surface area contributed by atoms with Gasteiger partial charge in [0.15, 0.2) is 11.5 Å². The van der Waals surface area contributed by atoms with Gasteiger partial charge < -0.3 is 14.5 Å². The molecule has 7 heteroatoms. The molecule has 0 amide bonds. The predicted octanol–water partition coefficient (Wildman–Crippen LogP) is 2.42. The summed E-state index contributed by atoms with van der Waals surface area (Å²) < 4.78 is 38.6. The molecule has 0 aliphatic carbocycles. The van der Waals surface area contributed by atoms with Gasteiger partial charge in [-0.1, -0.05) is 18.2 Å². The summed E-state index contributed by atoms with van der Waals surface area (Å²) in [6, 6.07) is 12.4. The number of aromatic amines is 1. The third-order valence-electron chi connectivity index (χ3n) is 3.95. The monoisotopic (exact) mass is 344 g/mol. The molecule has 0 fully saturated rings. The lowest BCUT2D eigenvalue weighted by molar-refractivity contribution is 0.171. The highest BCUT2D eigenvalue weighted by Crippen LogP contribution is 2.32. The van der Waals surface area contributed by atoms with Gasteiger partial charge in [-0.2, -0.15) is 0 Å². The molecule has 0 radical (unpaired) electrons. The van der Waals surface area contributed by atoms with Gasteiger partial charge in [0.05, 0.1) is 4.90 Å². The zero-order chi connectivity index (χ0) is 16.6. The lowest BCUT2D eigenvalue weighted by atomic mass is 10.1. The molecule has 2 aromatic carbocycles. The van der Waals surface area contributed by atoms with Crippen molar-refractivity contribution >= 4 is 20.9 Å². The van der Waals surface area contributed by atoms with E-state index >= 15 is 0 Å². The van der Waals surface area contributed by atoms with E-state index in [1.54, 1.807) is 6.07 Å². The lowest BCUT2D eigenvalue weighted by Crippen LogP contribution is -2.24. The molecule has 0 saturated heterocycles. The minimum atomic E-state index is -3.64. The second-order valence-corrected chi connectivity index (χ2v) is 7.26. The average molecular weight is 344 g/mol. The summed E-state index contributed by atoms with van der Waals surface area (Å²) in [5.74, 6) is 1.02. The normalized spacial score (nSPS) is 14.0. The van der Waals surface area contributed by atoms with E-state index in [0.29, 0.717) is 24.7 Å². The lowest BCUT2D eigenvalue weighted by Gasteiger charge is -2.19. The molecule has 0 saturated carbocycles. The van der Waals surface area contributed by atoms with Gasteiger partial charge in [-0.05, 0) is 29.1 Å². The van der Waals surface area contributed by atoms with Crippen molar-refractivity contribution < 1.29 is 17.9 Å². The first kappa shape index (κ1) is 15.0. The molecule has 2 N–H and O–H groups in total. The molecule has 0 bridgehead atoms. The number of sulfonamides is 1. The molecular weight excluding hydrogens is 328 g/mol. The Labute approximate surface area is 139 Å². The first-order valence-corrected chi connectivity index (χ1v) is 9.06. The number of rotatable bonds is 4. The van der Waals surface area contributed by atoms with Gasteiger partial charge in [0.2, 0.25) is 10.0 Å². The maximum absolute atomic E-state index is 12.5. The SMILES string of the molecule is O=S(=O)(NCc1cccc2cc[nH]c12)c1ccc2c(c1)OCCO2. The molecular formula is C17H16N2O4S. The Morgan fingerprint density at radius 3 is 2.75 bits per heavy atom. The van der Waals surface area contributed by atoms with Crippen LogP contribution in [0.5, 0.6) is 11.5 Å². The van der Waals surface area contributed by atoms with E-state index in [1.807, 2.05) is 30.5 Å². The van der Waals surface area contributed by atoms with Gasteiger partial charge in [0, 0.05) is 24.3 Å². The van der Waals surface area contributed by atoms with Gasteiger partial charge in [0.25, 0.3) is 0 Å². The van der Waals surface area contributed by atoms with E-state index in [2.05, 4.69) is 9.71 Å². The highest BCUT2D eigenvalue weighted by molar-refractivity contribution is 7.89. The van der Waals surface area contributed by atoms with Gasteiger partial charge in [-0.25, -0.2) is 13.1 Å². The molecule has 3 aromatic rings. The number of hydrogen-bond donors (Lipinski definition) is 2. The van der Waals surface area contributed by atoms with Crippen molar-refractivity contribution in [2.45, 2.75) is 11.4 Å². The Balaban J connectivity index is 1.58. The zero-order valence-corrected chi connectivity index (χ0v) is 13.6. The number of hydrogen-bond acceptors (Lipinski definition) is 4. The Morgan fingerprint density at radius 1 is 1.04 bits per heavy atom. The fraction of sp³-hybridized carbons (Fsp3) is 0.176. The molecule has 0 unspecified atom stereocenters. The second kappa shape index (κ2) is 5.85. The maximum atomic E-state index is 12.5.